The van der Waals surface area contributed by atoms with Gasteiger partial charge in [-0.2, -0.15) is 0 Å². The number of hydrogen-bond donors (Lipinski definition) is 2. The SMILES string of the molecule is Cc1ccccc1CNC(=O)c1cn2c(n1)C=CN(c1ccc(C3CCC(CC(=O)O)CC3)cc1)C2. The van der Waals surface area contributed by atoms with E-state index in [4.69, 9.17) is 5.11 Å². The summed E-state index contributed by atoms with van der Waals surface area (Å²) in [6, 6.07) is 16.7. The smallest absolute Gasteiger partial charge is 0.303 e. The van der Waals surface area contributed by atoms with Gasteiger partial charge in [0.15, 0.2) is 0 Å². The van der Waals surface area contributed by atoms with Crippen LogP contribution in [0.3, 0.4) is 0 Å². The van der Waals surface area contributed by atoms with Crippen LogP contribution in [0.2, 0.25) is 0 Å². The van der Waals surface area contributed by atoms with Crippen molar-refractivity contribution in [1.82, 2.24) is 14.9 Å². The molecular formula is C29H32N4O3. The molecule has 2 aromatic carbocycles. The molecule has 7 nitrogen and oxygen atoms in total. The van der Waals surface area contributed by atoms with Gasteiger partial charge in [0.1, 0.15) is 18.2 Å². The molecular weight excluding hydrogens is 452 g/mol. The van der Waals surface area contributed by atoms with Gasteiger partial charge in [-0.3, -0.25) is 9.59 Å². The highest BCUT2D eigenvalue weighted by Gasteiger charge is 2.24. The van der Waals surface area contributed by atoms with E-state index in [1.807, 2.05) is 54.2 Å². The molecule has 5 rings (SSSR count). The van der Waals surface area contributed by atoms with E-state index in [0.717, 1.165) is 48.3 Å². The molecule has 1 amide bonds. The van der Waals surface area contributed by atoms with E-state index in [1.165, 1.54) is 5.56 Å². The van der Waals surface area contributed by atoms with E-state index in [1.54, 1.807) is 0 Å². The molecule has 36 heavy (non-hydrogen) atoms. The Kier molecular flexibility index (Phi) is 6.89. The Morgan fingerprint density at radius 1 is 1.06 bits per heavy atom. The highest BCUT2D eigenvalue weighted by atomic mass is 16.4. The predicted molar refractivity (Wildman–Crippen MR) is 139 cm³/mol. The van der Waals surface area contributed by atoms with Gasteiger partial charge in [-0.1, -0.05) is 36.4 Å². The number of imidazole rings is 1. The normalized spacial score (nSPS) is 19.1. The third kappa shape index (κ3) is 5.35. The van der Waals surface area contributed by atoms with Crippen LogP contribution in [0, 0.1) is 12.8 Å². The molecule has 1 aromatic heterocycles. The molecule has 186 valence electrons. The summed E-state index contributed by atoms with van der Waals surface area (Å²) in [4.78, 5) is 30.3. The summed E-state index contributed by atoms with van der Waals surface area (Å²) >= 11 is 0. The van der Waals surface area contributed by atoms with Crippen molar-refractivity contribution in [1.29, 1.82) is 0 Å². The third-order valence-corrected chi connectivity index (χ3v) is 7.46. The number of carbonyl (C=O) groups is 2. The highest BCUT2D eigenvalue weighted by Crippen LogP contribution is 2.37. The van der Waals surface area contributed by atoms with Gasteiger partial charge in [0.25, 0.3) is 5.91 Å². The average Bonchev–Trinajstić information content (AvgIpc) is 3.32. The lowest BCUT2D eigenvalue weighted by molar-refractivity contribution is -0.138. The van der Waals surface area contributed by atoms with E-state index in [0.29, 0.717) is 37.2 Å². The standard InChI is InChI=1S/C29H32N4O3/c1-20-4-2-3-5-24(20)17-30-29(36)26-18-33-19-32(15-14-27(33)31-26)25-12-10-23(11-13-25)22-8-6-21(7-9-22)16-28(34)35/h2-5,10-15,18,21-22H,6-9,16-17,19H2,1H3,(H,30,36)(H,34,35). The van der Waals surface area contributed by atoms with Gasteiger partial charge in [0, 0.05) is 31.0 Å². The number of carboxylic acids is 1. The van der Waals surface area contributed by atoms with Crippen molar-refractivity contribution in [2.24, 2.45) is 5.92 Å². The lowest BCUT2D eigenvalue weighted by atomic mass is 9.77. The Balaban J connectivity index is 1.18. The monoisotopic (exact) mass is 484 g/mol. The summed E-state index contributed by atoms with van der Waals surface area (Å²) in [5, 5.41) is 12.0. The van der Waals surface area contributed by atoms with Crippen molar-refractivity contribution in [3.8, 4) is 0 Å². The number of benzene rings is 2. The molecule has 3 aromatic rings. The number of aryl methyl sites for hydroxylation is 1. The van der Waals surface area contributed by atoms with Crippen LogP contribution in [0.4, 0.5) is 5.69 Å². The van der Waals surface area contributed by atoms with E-state index in [2.05, 4.69) is 39.5 Å². The Labute approximate surface area is 211 Å². The van der Waals surface area contributed by atoms with Crippen molar-refractivity contribution in [3.63, 3.8) is 0 Å². The summed E-state index contributed by atoms with van der Waals surface area (Å²) in [6.45, 7) is 3.10. The summed E-state index contributed by atoms with van der Waals surface area (Å²) in [5.74, 6) is 0.718. The van der Waals surface area contributed by atoms with Crippen molar-refractivity contribution in [3.05, 3.63) is 89.1 Å². The van der Waals surface area contributed by atoms with Crippen LogP contribution < -0.4 is 10.2 Å². The number of aromatic nitrogens is 2. The second-order valence-corrected chi connectivity index (χ2v) is 9.90. The lowest BCUT2D eigenvalue weighted by Crippen LogP contribution is -2.24. The van der Waals surface area contributed by atoms with E-state index in [-0.39, 0.29) is 5.91 Å². The van der Waals surface area contributed by atoms with Crippen LogP contribution in [0.15, 0.2) is 60.9 Å². The molecule has 1 saturated carbocycles. The highest BCUT2D eigenvalue weighted by molar-refractivity contribution is 5.92. The zero-order chi connectivity index (χ0) is 25.1. The summed E-state index contributed by atoms with van der Waals surface area (Å²) < 4.78 is 1.99. The molecule has 2 heterocycles. The van der Waals surface area contributed by atoms with Gasteiger partial charge in [0.05, 0.1) is 0 Å². The van der Waals surface area contributed by atoms with Crippen LogP contribution in [-0.2, 0) is 18.0 Å². The van der Waals surface area contributed by atoms with Crippen LogP contribution in [0.1, 0.15) is 71.0 Å². The molecule has 2 aliphatic rings. The number of amides is 1. The number of anilines is 1. The van der Waals surface area contributed by atoms with E-state index >= 15 is 0 Å². The van der Waals surface area contributed by atoms with Crippen LogP contribution in [-0.4, -0.2) is 26.5 Å². The third-order valence-electron chi connectivity index (χ3n) is 7.46. The molecule has 0 unspecified atom stereocenters. The Morgan fingerprint density at radius 3 is 2.53 bits per heavy atom. The maximum absolute atomic E-state index is 12.7. The molecule has 0 saturated heterocycles. The minimum Gasteiger partial charge on any atom is -0.481 e. The van der Waals surface area contributed by atoms with Gasteiger partial charge >= 0.3 is 5.97 Å². The van der Waals surface area contributed by atoms with Crippen LogP contribution in [0.25, 0.3) is 6.08 Å². The molecule has 0 atom stereocenters. The maximum Gasteiger partial charge on any atom is 0.303 e. The summed E-state index contributed by atoms with van der Waals surface area (Å²) in [6.07, 6.45) is 10.1. The molecule has 2 N–H and O–H groups in total. The van der Waals surface area contributed by atoms with Crippen molar-refractivity contribution in [2.75, 3.05) is 4.90 Å². The number of carbonyl (C=O) groups excluding carboxylic acids is 1. The summed E-state index contributed by atoms with van der Waals surface area (Å²) in [7, 11) is 0. The Morgan fingerprint density at radius 2 is 1.81 bits per heavy atom. The average molecular weight is 485 g/mol. The second-order valence-electron chi connectivity index (χ2n) is 9.90. The first-order valence-electron chi connectivity index (χ1n) is 12.6. The van der Waals surface area contributed by atoms with Gasteiger partial charge in [-0.25, -0.2) is 4.98 Å². The van der Waals surface area contributed by atoms with Gasteiger partial charge < -0.3 is 19.9 Å². The number of hydrogen-bond acceptors (Lipinski definition) is 4. The topological polar surface area (TPSA) is 87.5 Å². The fourth-order valence-electron chi connectivity index (χ4n) is 5.28. The van der Waals surface area contributed by atoms with E-state index in [9.17, 15) is 9.59 Å². The second kappa shape index (κ2) is 10.4. The molecule has 1 aliphatic carbocycles. The summed E-state index contributed by atoms with van der Waals surface area (Å²) in [5.41, 5.74) is 5.07. The van der Waals surface area contributed by atoms with Crippen LogP contribution >= 0.6 is 0 Å². The number of carboxylic acid groups (broad SMARTS) is 1. The van der Waals surface area contributed by atoms with Crippen molar-refractivity contribution >= 4 is 23.6 Å². The minimum atomic E-state index is -0.687. The first-order valence-corrected chi connectivity index (χ1v) is 12.6. The molecule has 0 spiro atoms. The van der Waals surface area contributed by atoms with Crippen molar-refractivity contribution < 1.29 is 14.7 Å². The van der Waals surface area contributed by atoms with Gasteiger partial charge in [-0.05, 0) is 79.3 Å². The van der Waals surface area contributed by atoms with Crippen LogP contribution in [0.5, 0.6) is 0 Å². The minimum absolute atomic E-state index is 0.178. The Hall–Kier alpha value is -3.87. The molecule has 1 aliphatic heterocycles. The number of nitrogens with zero attached hydrogens (tertiary/aromatic N) is 3. The maximum atomic E-state index is 12.7. The number of aliphatic carboxylic acids is 1. The predicted octanol–water partition coefficient (Wildman–Crippen LogP) is 5.32. The molecule has 0 bridgehead atoms. The Bertz CT molecular complexity index is 1270. The fourth-order valence-corrected chi connectivity index (χ4v) is 5.28. The first-order chi connectivity index (χ1) is 17.5. The van der Waals surface area contributed by atoms with E-state index < -0.39 is 5.97 Å². The molecule has 7 heteroatoms. The fraction of sp³-hybridized carbons (Fsp3) is 0.345. The first kappa shape index (κ1) is 23.9. The van der Waals surface area contributed by atoms with Crippen molar-refractivity contribution in [2.45, 2.75) is 58.2 Å². The number of nitrogens with one attached hydrogen (secondary N) is 1. The lowest BCUT2D eigenvalue weighted by Gasteiger charge is -2.29. The largest absolute Gasteiger partial charge is 0.481 e. The zero-order valence-corrected chi connectivity index (χ0v) is 20.6. The number of rotatable bonds is 7. The quantitative estimate of drug-likeness (QED) is 0.474. The van der Waals surface area contributed by atoms with Gasteiger partial charge in [0.2, 0.25) is 0 Å². The molecule has 1 fully saturated rings. The number of fused-ring (bicyclic) bond motifs is 1. The molecule has 0 radical (unpaired) electrons. The van der Waals surface area contributed by atoms with Gasteiger partial charge in [-0.15, -0.1) is 0 Å². The zero-order valence-electron chi connectivity index (χ0n) is 20.6.